The molecule has 5 nitrogen and oxygen atoms in total. The van der Waals surface area contributed by atoms with Gasteiger partial charge in [0.2, 0.25) is 0 Å². The number of hydrogen-bond donors (Lipinski definition) is 1. The molecule has 2 heterocycles. The van der Waals surface area contributed by atoms with Gasteiger partial charge in [0, 0.05) is 12.4 Å². The highest BCUT2D eigenvalue weighted by molar-refractivity contribution is 4.88. The molecule has 5 heteroatoms. The van der Waals surface area contributed by atoms with Crippen molar-refractivity contribution in [2.75, 3.05) is 0 Å². The van der Waals surface area contributed by atoms with Crippen LogP contribution in [0.15, 0.2) is 36.9 Å². The summed E-state index contributed by atoms with van der Waals surface area (Å²) in [5, 5.41) is 12.2. The third-order valence-corrected chi connectivity index (χ3v) is 0.836. The van der Waals surface area contributed by atoms with E-state index in [0.717, 1.165) is 0 Å². The fourth-order valence-corrected chi connectivity index (χ4v) is 0.442. The van der Waals surface area contributed by atoms with Crippen molar-refractivity contribution in [2.24, 2.45) is 0 Å². The van der Waals surface area contributed by atoms with Crippen molar-refractivity contribution in [2.45, 2.75) is 0 Å². The first-order valence-electron chi connectivity index (χ1n) is 3.01. The minimum Gasteiger partial charge on any atom is -0.265 e. The van der Waals surface area contributed by atoms with Gasteiger partial charge in [-0.1, -0.05) is 11.3 Å². The van der Waals surface area contributed by atoms with Crippen molar-refractivity contribution in [3.8, 4) is 0 Å². The van der Waals surface area contributed by atoms with Crippen LogP contribution in [0.1, 0.15) is 0 Å². The van der Waals surface area contributed by atoms with E-state index >= 15 is 0 Å². The van der Waals surface area contributed by atoms with Crippen molar-refractivity contribution in [1.82, 2.24) is 25.6 Å². The lowest BCUT2D eigenvalue weighted by molar-refractivity contribution is 0.881. The maximum absolute atomic E-state index is 3.78. The number of aromatic nitrogens is 5. The SMILES string of the molecule is c1ccncc1.c1nn[nH]n1. The van der Waals surface area contributed by atoms with E-state index in [-0.39, 0.29) is 0 Å². The van der Waals surface area contributed by atoms with E-state index in [2.05, 4.69) is 25.6 Å². The molecule has 2 aromatic rings. The first-order chi connectivity index (χ1) is 5.50. The number of aromatic amines is 1. The van der Waals surface area contributed by atoms with E-state index in [9.17, 15) is 0 Å². The Labute approximate surface area is 63.5 Å². The summed E-state index contributed by atoms with van der Waals surface area (Å²) in [4.78, 5) is 3.78. The van der Waals surface area contributed by atoms with Gasteiger partial charge in [-0.05, 0) is 12.1 Å². The van der Waals surface area contributed by atoms with Crippen LogP contribution in [0.3, 0.4) is 0 Å². The fraction of sp³-hybridized carbons (Fsp3) is 0. The molecule has 0 saturated carbocycles. The Morgan fingerprint density at radius 1 is 1.00 bits per heavy atom. The largest absolute Gasteiger partial charge is 0.265 e. The Morgan fingerprint density at radius 2 is 1.82 bits per heavy atom. The lowest BCUT2D eigenvalue weighted by Crippen LogP contribution is -1.64. The van der Waals surface area contributed by atoms with Crippen LogP contribution in [-0.4, -0.2) is 25.6 Å². The van der Waals surface area contributed by atoms with E-state index < -0.39 is 0 Å². The minimum atomic E-state index is 1.33. The van der Waals surface area contributed by atoms with Crippen LogP contribution in [0.25, 0.3) is 0 Å². The average Bonchev–Trinajstić information content (AvgIpc) is 2.64. The third kappa shape index (κ3) is 3.74. The van der Waals surface area contributed by atoms with Gasteiger partial charge in [0.15, 0.2) is 6.33 Å². The maximum atomic E-state index is 3.78. The molecular weight excluding hydrogens is 142 g/mol. The number of hydrogen-bond acceptors (Lipinski definition) is 4. The van der Waals surface area contributed by atoms with Gasteiger partial charge in [-0.3, -0.25) is 4.98 Å². The van der Waals surface area contributed by atoms with Crippen molar-refractivity contribution in [1.29, 1.82) is 0 Å². The summed E-state index contributed by atoms with van der Waals surface area (Å²) in [5.74, 6) is 0. The van der Waals surface area contributed by atoms with Crippen molar-refractivity contribution in [3.05, 3.63) is 36.9 Å². The van der Waals surface area contributed by atoms with Crippen LogP contribution in [0.5, 0.6) is 0 Å². The van der Waals surface area contributed by atoms with Crippen LogP contribution in [0.4, 0.5) is 0 Å². The molecule has 1 N–H and O–H groups in total. The van der Waals surface area contributed by atoms with E-state index in [1.807, 2.05) is 18.2 Å². The number of tetrazole rings is 1. The second kappa shape index (κ2) is 5.04. The van der Waals surface area contributed by atoms with E-state index in [4.69, 9.17) is 0 Å². The zero-order valence-corrected chi connectivity index (χ0v) is 5.75. The van der Waals surface area contributed by atoms with Gasteiger partial charge in [0.05, 0.1) is 0 Å². The lowest BCUT2D eigenvalue weighted by atomic mass is 10.5. The van der Waals surface area contributed by atoms with Crippen LogP contribution >= 0.6 is 0 Å². The van der Waals surface area contributed by atoms with Crippen molar-refractivity contribution in [3.63, 3.8) is 0 Å². The van der Waals surface area contributed by atoms with Gasteiger partial charge in [0.25, 0.3) is 0 Å². The van der Waals surface area contributed by atoms with Crippen molar-refractivity contribution >= 4 is 0 Å². The fourth-order valence-electron chi connectivity index (χ4n) is 0.442. The molecule has 0 amide bonds. The molecule has 2 rings (SSSR count). The molecular formula is C6H7N5. The molecule has 0 unspecified atom stereocenters. The van der Waals surface area contributed by atoms with Crippen LogP contribution in [0.2, 0.25) is 0 Å². The quantitative estimate of drug-likeness (QED) is 0.584. The second-order valence-electron chi connectivity index (χ2n) is 1.58. The predicted octanol–water partition coefficient (Wildman–Crippen LogP) is 0.281. The molecule has 0 spiro atoms. The zero-order valence-electron chi connectivity index (χ0n) is 5.75. The van der Waals surface area contributed by atoms with E-state index in [0.29, 0.717) is 0 Å². The number of rotatable bonds is 0. The highest BCUT2D eigenvalue weighted by atomic mass is 15.5. The van der Waals surface area contributed by atoms with Crippen LogP contribution in [-0.2, 0) is 0 Å². The molecule has 0 aromatic carbocycles. The maximum Gasteiger partial charge on any atom is 0.161 e. The second-order valence-corrected chi connectivity index (χ2v) is 1.58. The van der Waals surface area contributed by atoms with Gasteiger partial charge in [-0.25, -0.2) is 0 Å². The van der Waals surface area contributed by atoms with Gasteiger partial charge in [0.1, 0.15) is 0 Å². The van der Waals surface area contributed by atoms with Gasteiger partial charge < -0.3 is 0 Å². The summed E-state index contributed by atoms with van der Waals surface area (Å²) in [5.41, 5.74) is 0. The molecule has 0 atom stereocenters. The average molecular weight is 149 g/mol. The Bertz CT molecular complexity index is 197. The molecule has 0 fully saturated rings. The highest BCUT2D eigenvalue weighted by Gasteiger charge is 1.59. The molecule has 0 aliphatic carbocycles. The summed E-state index contributed by atoms with van der Waals surface area (Å²) >= 11 is 0. The van der Waals surface area contributed by atoms with Gasteiger partial charge in [-0.15, -0.1) is 10.2 Å². The molecule has 0 aliphatic rings. The highest BCUT2D eigenvalue weighted by Crippen LogP contribution is 1.73. The topological polar surface area (TPSA) is 67.3 Å². The zero-order chi connectivity index (χ0) is 7.78. The first kappa shape index (κ1) is 7.33. The van der Waals surface area contributed by atoms with Crippen LogP contribution in [0, 0.1) is 0 Å². The van der Waals surface area contributed by atoms with Crippen LogP contribution < -0.4 is 0 Å². The molecule has 2 aromatic heterocycles. The first-order valence-corrected chi connectivity index (χ1v) is 3.01. The Kier molecular flexibility index (Phi) is 3.36. The Hall–Kier alpha value is -1.78. The molecule has 56 valence electrons. The molecule has 0 aliphatic heterocycles. The Morgan fingerprint density at radius 3 is 2.00 bits per heavy atom. The van der Waals surface area contributed by atoms with Crippen molar-refractivity contribution < 1.29 is 0 Å². The molecule has 11 heavy (non-hydrogen) atoms. The monoisotopic (exact) mass is 149 g/mol. The molecule has 0 saturated heterocycles. The van der Waals surface area contributed by atoms with E-state index in [1.165, 1.54) is 6.33 Å². The minimum absolute atomic E-state index is 1.33. The smallest absolute Gasteiger partial charge is 0.161 e. The molecule has 0 radical (unpaired) electrons. The summed E-state index contributed by atoms with van der Waals surface area (Å²) in [6.07, 6.45) is 4.83. The summed E-state index contributed by atoms with van der Waals surface area (Å²) in [6, 6.07) is 5.72. The number of H-pyrrole nitrogens is 1. The number of pyridine rings is 1. The number of nitrogens with one attached hydrogen (secondary N) is 1. The molecule has 0 bridgehead atoms. The van der Waals surface area contributed by atoms with E-state index in [1.54, 1.807) is 12.4 Å². The van der Waals surface area contributed by atoms with Gasteiger partial charge >= 0.3 is 0 Å². The summed E-state index contributed by atoms with van der Waals surface area (Å²) in [7, 11) is 0. The van der Waals surface area contributed by atoms with Gasteiger partial charge in [-0.2, -0.15) is 5.21 Å². The Balaban J connectivity index is 0.000000112. The predicted molar refractivity (Wildman–Crippen MR) is 38.4 cm³/mol. The number of nitrogens with zero attached hydrogens (tertiary/aromatic N) is 4. The standard InChI is InChI=1S/C5H5N.CH2N4/c1-2-4-6-5-3-1;1-2-4-5-3-1/h1-5H;1H,(H,2,3,4,5). The third-order valence-electron chi connectivity index (χ3n) is 0.836. The lowest BCUT2D eigenvalue weighted by Gasteiger charge is -1.70. The normalized spacial score (nSPS) is 8.00. The summed E-state index contributed by atoms with van der Waals surface area (Å²) < 4.78 is 0. The summed E-state index contributed by atoms with van der Waals surface area (Å²) in [6.45, 7) is 0.